The second kappa shape index (κ2) is 5.71. The number of carbonyl (C=O) groups is 1. The van der Waals surface area contributed by atoms with Crippen molar-refractivity contribution in [2.24, 2.45) is 0 Å². The molecular weight excluding hydrogens is 264 g/mol. The number of anilines is 1. The zero-order chi connectivity index (χ0) is 13.8. The van der Waals surface area contributed by atoms with E-state index in [1.54, 1.807) is 12.1 Å². The molecule has 0 saturated carbocycles. The smallest absolute Gasteiger partial charge is 0.341 e. The van der Waals surface area contributed by atoms with E-state index in [0.717, 1.165) is 11.3 Å². The summed E-state index contributed by atoms with van der Waals surface area (Å²) in [6.45, 7) is 2.34. The van der Waals surface area contributed by atoms with E-state index in [9.17, 15) is 4.79 Å². The van der Waals surface area contributed by atoms with E-state index in [4.69, 9.17) is 15.2 Å². The standard InChI is InChI=1S/C13H14N2O3S/c1-3-18-11-5-4-8(6-9(11)12(16)17-2)10-7-19-13(14)15-10/h4-7H,3H2,1-2H3,(H2,14,15). The first-order chi connectivity index (χ1) is 9.15. The molecule has 0 saturated heterocycles. The van der Waals surface area contributed by atoms with Crippen LogP contribution in [0.4, 0.5) is 5.13 Å². The molecule has 2 rings (SSSR count). The van der Waals surface area contributed by atoms with E-state index in [1.165, 1.54) is 18.4 Å². The molecule has 100 valence electrons. The second-order valence-electron chi connectivity index (χ2n) is 3.71. The Balaban J connectivity index is 2.45. The number of esters is 1. The number of ether oxygens (including phenoxy) is 2. The fourth-order valence-corrected chi connectivity index (χ4v) is 2.23. The summed E-state index contributed by atoms with van der Waals surface area (Å²) in [5.74, 6) is 0.0646. The van der Waals surface area contributed by atoms with E-state index < -0.39 is 5.97 Å². The molecule has 0 bridgehead atoms. The molecule has 1 aromatic heterocycles. The van der Waals surface area contributed by atoms with Crippen LogP contribution in [-0.4, -0.2) is 24.7 Å². The van der Waals surface area contributed by atoms with Crippen LogP contribution in [0, 0.1) is 0 Å². The monoisotopic (exact) mass is 278 g/mol. The summed E-state index contributed by atoms with van der Waals surface area (Å²) in [5.41, 5.74) is 7.53. The molecule has 0 fully saturated rings. The number of nitrogen functional groups attached to an aromatic ring is 1. The highest BCUT2D eigenvalue weighted by Gasteiger charge is 2.15. The maximum absolute atomic E-state index is 11.8. The number of nitrogens with two attached hydrogens (primary N) is 1. The van der Waals surface area contributed by atoms with Crippen LogP contribution in [-0.2, 0) is 4.74 Å². The lowest BCUT2D eigenvalue weighted by molar-refractivity contribution is 0.0596. The number of hydrogen-bond donors (Lipinski definition) is 1. The quantitative estimate of drug-likeness (QED) is 0.870. The van der Waals surface area contributed by atoms with Crippen molar-refractivity contribution in [1.82, 2.24) is 4.98 Å². The van der Waals surface area contributed by atoms with Gasteiger partial charge in [-0.2, -0.15) is 0 Å². The van der Waals surface area contributed by atoms with E-state index in [2.05, 4.69) is 4.98 Å². The van der Waals surface area contributed by atoms with Crippen molar-refractivity contribution in [2.45, 2.75) is 6.92 Å². The van der Waals surface area contributed by atoms with Gasteiger partial charge in [0.05, 0.1) is 19.4 Å². The molecule has 0 aliphatic rings. The van der Waals surface area contributed by atoms with Gasteiger partial charge < -0.3 is 15.2 Å². The number of benzene rings is 1. The van der Waals surface area contributed by atoms with Gasteiger partial charge in [-0.05, 0) is 25.1 Å². The van der Waals surface area contributed by atoms with Crippen LogP contribution in [0.1, 0.15) is 17.3 Å². The van der Waals surface area contributed by atoms with Crippen molar-refractivity contribution in [1.29, 1.82) is 0 Å². The first-order valence-corrected chi connectivity index (χ1v) is 6.60. The Kier molecular flexibility index (Phi) is 4.01. The average Bonchev–Trinajstić information content (AvgIpc) is 2.85. The number of hydrogen-bond acceptors (Lipinski definition) is 6. The maximum atomic E-state index is 11.8. The van der Waals surface area contributed by atoms with Crippen molar-refractivity contribution in [3.8, 4) is 17.0 Å². The molecule has 0 aliphatic heterocycles. The van der Waals surface area contributed by atoms with Gasteiger partial charge in [-0.15, -0.1) is 11.3 Å². The van der Waals surface area contributed by atoms with Crippen LogP contribution in [0.25, 0.3) is 11.3 Å². The Morgan fingerprint density at radius 3 is 2.84 bits per heavy atom. The maximum Gasteiger partial charge on any atom is 0.341 e. The van der Waals surface area contributed by atoms with E-state index >= 15 is 0 Å². The topological polar surface area (TPSA) is 74.4 Å². The Hall–Kier alpha value is -2.08. The molecule has 0 spiro atoms. The van der Waals surface area contributed by atoms with E-state index in [1.807, 2.05) is 18.4 Å². The van der Waals surface area contributed by atoms with Crippen LogP contribution in [0.15, 0.2) is 23.6 Å². The van der Waals surface area contributed by atoms with Crippen LogP contribution in [0.5, 0.6) is 5.75 Å². The summed E-state index contributed by atoms with van der Waals surface area (Å²) in [6.07, 6.45) is 0. The van der Waals surface area contributed by atoms with Crippen molar-refractivity contribution in [2.75, 3.05) is 19.5 Å². The Morgan fingerprint density at radius 1 is 1.47 bits per heavy atom. The number of nitrogens with zero attached hydrogens (tertiary/aromatic N) is 1. The molecule has 5 nitrogen and oxygen atoms in total. The molecule has 0 radical (unpaired) electrons. The summed E-state index contributed by atoms with van der Waals surface area (Å²) in [4.78, 5) is 15.9. The number of methoxy groups -OCH3 is 1. The van der Waals surface area contributed by atoms with Crippen molar-refractivity contribution in [3.05, 3.63) is 29.1 Å². The lowest BCUT2D eigenvalue weighted by atomic mass is 10.1. The van der Waals surface area contributed by atoms with Gasteiger partial charge in [-0.1, -0.05) is 0 Å². The Labute approximate surface area is 115 Å². The lowest BCUT2D eigenvalue weighted by Crippen LogP contribution is -2.05. The third kappa shape index (κ3) is 2.85. The normalized spacial score (nSPS) is 10.2. The third-order valence-corrected chi connectivity index (χ3v) is 3.18. The van der Waals surface area contributed by atoms with Gasteiger partial charge in [0.1, 0.15) is 11.3 Å². The molecule has 1 heterocycles. The lowest BCUT2D eigenvalue weighted by Gasteiger charge is -2.09. The van der Waals surface area contributed by atoms with Crippen LogP contribution in [0.3, 0.4) is 0 Å². The van der Waals surface area contributed by atoms with Gasteiger partial charge in [0.2, 0.25) is 0 Å². The number of thiazole rings is 1. The van der Waals surface area contributed by atoms with E-state index in [-0.39, 0.29) is 0 Å². The Morgan fingerprint density at radius 2 is 2.26 bits per heavy atom. The van der Waals surface area contributed by atoms with Crippen molar-refractivity contribution in [3.63, 3.8) is 0 Å². The summed E-state index contributed by atoms with van der Waals surface area (Å²) >= 11 is 1.35. The SMILES string of the molecule is CCOc1ccc(-c2csc(N)n2)cc1C(=O)OC. The van der Waals surface area contributed by atoms with Gasteiger partial charge >= 0.3 is 5.97 Å². The fourth-order valence-electron chi connectivity index (χ4n) is 1.66. The summed E-state index contributed by atoms with van der Waals surface area (Å²) in [6, 6.07) is 5.28. The van der Waals surface area contributed by atoms with Gasteiger partial charge in [0, 0.05) is 10.9 Å². The van der Waals surface area contributed by atoms with Crippen LogP contribution < -0.4 is 10.5 Å². The molecule has 0 unspecified atom stereocenters. The first kappa shape index (κ1) is 13.4. The minimum atomic E-state index is -0.437. The molecule has 19 heavy (non-hydrogen) atoms. The molecular formula is C13H14N2O3S. The van der Waals surface area contributed by atoms with E-state index in [0.29, 0.717) is 23.1 Å². The number of rotatable bonds is 4. The van der Waals surface area contributed by atoms with Crippen molar-refractivity contribution < 1.29 is 14.3 Å². The highest BCUT2D eigenvalue weighted by Crippen LogP contribution is 2.28. The highest BCUT2D eigenvalue weighted by atomic mass is 32.1. The van der Waals surface area contributed by atoms with Crippen LogP contribution in [0.2, 0.25) is 0 Å². The van der Waals surface area contributed by atoms with Gasteiger partial charge in [-0.25, -0.2) is 9.78 Å². The molecule has 2 N–H and O–H groups in total. The summed E-state index contributed by atoms with van der Waals surface area (Å²) in [5, 5.41) is 2.33. The molecule has 6 heteroatoms. The predicted molar refractivity (Wildman–Crippen MR) is 74.5 cm³/mol. The number of carbonyl (C=O) groups excluding carboxylic acids is 1. The molecule has 0 atom stereocenters. The fraction of sp³-hybridized carbons (Fsp3) is 0.231. The number of aromatic nitrogens is 1. The zero-order valence-corrected chi connectivity index (χ0v) is 11.5. The minimum absolute atomic E-state index is 0.383. The largest absolute Gasteiger partial charge is 0.493 e. The molecule has 2 aromatic rings. The molecule has 0 aliphatic carbocycles. The average molecular weight is 278 g/mol. The highest BCUT2D eigenvalue weighted by molar-refractivity contribution is 7.13. The van der Waals surface area contributed by atoms with Crippen LogP contribution >= 0.6 is 11.3 Å². The zero-order valence-electron chi connectivity index (χ0n) is 10.7. The minimum Gasteiger partial charge on any atom is -0.493 e. The summed E-state index contributed by atoms with van der Waals surface area (Å²) < 4.78 is 10.2. The van der Waals surface area contributed by atoms with Gasteiger partial charge in [-0.3, -0.25) is 0 Å². The predicted octanol–water partition coefficient (Wildman–Crippen LogP) is 2.58. The second-order valence-corrected chi connectivity index (χ2v) is 4.60. The van der Waals surface area contributed by atoms with Gasteiger partial charge in [0.15, 0.2) is 5.13 Å². The van der Waals surface area contributed by atoms with Gasteiger partial charge in [0.25, 0.3) is 0 Å². The first-order valence-electron chi connectivity index (χ1n) is 5.72. The third-order valence-electron chi connectivity index (χ3n) is 2.50. The Bertz CT molecular complexity index is 595. The molecule has 0 amide bonds. The van der Waals surface area contributed by atoms with Crippen molar-refractivity contribution >= 4 is 22.4 Å². The summed E-state index contributed by atoms with van der Waals surface area (Å²) in [7, 11) is 1.34. The molecule has 1 aromatic carbocycles.